The van der Waals surface area contributed by atoms with Gasteiger partial charge in [0.25, 0.3) is 0 Å². The molecule has 0 unspecified atom stereocenters. The van der Waals surface area contributed by atoms with E-state index in [0.29, 0.717) is 5.92 Å². The Kier molecular flexibility index (Phi) is 5.74. The van der Waals surface area contributed by atoms with Crippen LogP contribution in [0.4, 0.5) is 0 Å². The number of aliphatic hydroxyl groups is 1. The molecule has 4 nitrogen and oxygen atoms in total. The molecule has 1 aromatic rings. The van der Waals surface area contributed by atoms with E-state index in [0.717, 1.165) is 48.7 Å². The van der Waals surface area contributed by atoms with Crippen LogP contribution in [0, 0.1) is 11.8 Å². The lowest BCUT2D eigenvalue weighted by atomic mass is 9.76. The molecule has 0 heterocycles. The van der Waals surface area contributed by atoms with Crippen molar-refractivity contribution in [2.75, 3.05) is 0 Å². The van der Waals surface area contributed by atoms with Crippen molar-refractivity contribution in [3.63, 3.8) is 0 Å². The Hall–Kier alpha value is -1.07. The lowest BCUT2D eigenvalue weighted by molar-refractivity contribution is -0.131. The Balaban J connectivity index is 1.38. The first-order valence-corrected chi connectivity index (χ1v) is 10.1. The van der Waals surface area contributed by atoms with Gasteiger partial charge in [-0.05, 0) is 76.5 Å². The predicted molar refractivity (Wildman–Crippen MR) is 101 cm³/mol. The Morgan fingerprint density at radius 1 is 1.24 bits per heavy atom. The minimum absolute atomic E-state index is 0.0733. The van der Waals surface area contributed by atoms with Crippen LogP contribution in [0.15, 0.2) is 28.7 Å². The molecule has 2 aliphatic rings. The van der Waals surface area contributed by atoms with Crippen molar-refractivity contribution in [3.8, 4) is 5.75 Å². The molecule has 0 aliphatic heterocycles. The summed E-state index contributed by atoms with van der Waals surface area (Å²) >= 11 is 3.44. The number of carbonyl (C=O) groups is 1. The molecular weight excluding hydrogens is 382 g/mol. The van der Waals surface area contributed by atoms with Gasteiger partial charge in [-0.15, -0.1) is 0 Å². The van der Waals surface area contributed by atoms with E-state index in [1.807, 2.05) is 38.1 Å². The number of hydrogen-bond acceptors (Lipinski definition) is 3. The van der Waals surface area contributed by atoms with Gasteiger partial charge in [-0.3, -0.25) is 4.79 Å². The molecule has 2 fully saturated rings. The van der Waals surface area contributed by atoms with Crippen molar-refractivity contribution in [1.29, 1.82) is 0 Å². The lowest BCUT2D eigenvalue weighted by Crippen LogP contribution is -2.48. The van der Waals surface area contributed by atoms with Crippen LogP contribution in [0.25, 0.3) is 0 Å². The highest BCUT2D eigenvalue weighted by Crippen LogP contribution is 2.35. The molecule has 0 spiro atoms. The Bertz CT molecular complexity index is 599. The molecule has 3 rings (SSSR count). The first-order valence-electron chi connectivity index (χ1n) is 9.26. The normalized spacial score (nSPS) is 29.6. The number of carbonyl (C=O) groups excluding carboxylic acids is 1. The Labute approximate surface area is 158 Å². The Morgan fingerprint density at radius 2 is 1.92 bits per heavy atom. The number of nitrogens with one attached hydrogen (secondary N) is 1. The molecule has 0 saturated heterocycles. The van der Waals surface area contributed by atoms with Gasteiger partial charge in [0.2, 0.25) is 5.91 Å². The summed E-state index contributed by atoms with van der Waals surface area (Å²) in [6.45, 7) is 3.77. The van der Waals surface area contributed by atoms with Gasteiger partial charge in [-0.1, -0.05) is 22.0 Å². The van der Waals surface area contributed by atoms with Gasteiger partial charge in [0, 0.05) is 16.4 Å². The maximum atomic E-state index is 12.4. The molecule has 1 aromatic carbocycles. The summed E-state index contributed by atoms with van der Waals surface area (Å²) in [5.74, 6) is 1.43. The number of ether oxygens (including phenoxy) is 1. The fraction of sp³-hybridized carbons (Fsp3) is 0.650. The minimum atomic E-state index is -0.611. The summed E-state index contributed by atoms with van der Waals surface area (Å²) in [6, 6.07) is 8.08. The van der Waals surface area contributed by atoms with Gasteiger partial charge in [-0.2, -0.15) is 0 Å². The molecule has 2 N–H and O–H groups in total. The van der Waals surface area contributed by atoms with Crippen LogP contribution in [-0.2, 0) is 4.79 Å². The largest absolute Gasteiger partial charge is 0.490 e. The van der Waals surface area contributed by atoms with Gasteiger partial charge in [0.1, 0.15) is 11.9 Å². The Morgan fingerprint density at radius 3 is 2.52 bits per heavy atom. The highest BCUT2D eigenvalue weighted by atomic mass is 79.9. The molecule has 1 amide bonds. The van der Waals surface area contributed by atoms with Crippen molar-refractivity contribution >= 4 is 21.8 Å². The maximum absolute atomic E-state index is 12.4. The van der Waals surface area contributed by atoms with Crippen molar-refractivity contribution in [2.24, 2.45) is 11.8 Å². The van der Waals surface area contributed by atoms with Gasteiger partial charge < -0.3 is 15.2 Å². The second-order valence-electron chi connectivity index (χ2n) is 8.08. The molecule has 2 saturated carbocycles. The predicted octanol–water partition coefficient (Wildman–Crippen LogP) is 4.05. The van der Waals surface area contributed by atoms with Crippen LogP contribution < -0.4 is 10.1 Å². The zero-order chi connectivity index (χ0) is 18.0. The first-order chi connectivity index (χ1) is 11.8. The number of benzene rings is 1. The van der Waals surface area contributed by atoms with Crippen LogP contribution in [-0.4, -0.2) is 28.8 Å². The minimum Gasteiger partial charge on any atom is -0.490 e. The molecule has 25 heavy (non-hydrogen) atoms. The third-order valence-corrected chi connectivity index (χ3v) is 6.13. The van der Waals surface area contributed by atoms with Crippen LogP contribution in [0.1, 0.15) is 52.4 Å². The van der Waals surface area contributed by atoms with Gasteiger partial charge in [0.15, 0.2) is 0 Å². The molecule has 0 radical (unpaired) electrons. The SMILES string of the molecule is CC(C)(O)[C@H]1CC[C@H](NC(=O)[C@H]2C[C@H](Oc3cccc(Br)c3)C2)CC1. The van der Waals surface area contributed by atoms with Crippen molar-refractivity contribution in [1.82, 2.24) is 5.32 Å². The number of rotatable bonds is 5. The molecule has 0 aromatic heterocycles. The number of amides is 1. The fourth-order valence-corrected chi connectivity index (χ4v) is 4.25. The summed E-state index contributed by atoms with van der Waals surface area (Å²) in [6.07, 6.45) is 5.60. The van der Waals surface area contributed by atoms with E-state index in [1.54, 1.807) is 0 Å². The van der Waals surface area contributed by atoms with Crippen LogP contribution >= 0.6 is 15.9 Å². The van der Waals surface area contributed by atoms with Gasteiger partial charge in [-0.25, -0.2) is 0 Å². The van der Waals surface area contributed by atoms with E-state index >= 15 is 0 Å². The van der Waals surface area contributed by atoms with E-state index in [1.165, 1.54) is 0 Å². The first kappa shape index (κ1) is 18.7. The molecule has 2 aliphatic carbocycles. The highest BCUT2D eigenvalue weighted by molar-refractivity contribution is 9.10. The summed E-state index contributed by atoms with van der Waals surface area (Å²) < 4.78 is 6.92. The molecule has 0 bridgehead atoms. The van der Waals surface area contributed by atoms with Crippen LogP contribution in [0.5, 0.6) is 5.75 Å². The topological polar surface area (TPSA) is 58.6 Å². The second kappa shape index (κ2) is 7.67. The quantitative estimate of drug-likeness (QED) is 0.770. The summed E-state index contributed by atoms with van der Waals surface area (Å²) in [5, 5.41) is 13.3. The monoisotopic (exact) mass is 409 g/mol. The van der Waals surface area contributed by atoms with Crippen molar-refractivity contribution < 1.29 is 14.6 Å². The smallest absolute Gasteiger partial charge is 0.223 e. The highest BCUT2D eigenvalue weighted by Gasteiger charge is 2.38. The summed E-state index contributed by atoms with van der Waals surface area (Å²) in [5.41, 5.74) is -0.611. The zero-order valence-electron chi connectivity index (χ0n) is 15.0. The van der Waals surface area contributed by atoms with Crippen molar-refractivity contribution in [3.05, 3.63) is 28.7 Å². The molecular formula is C20H28BrNO3. The second-order valence-corrected chi connectivity index (χ2v) is 8.99. The van der Waals surface area contributed by atoms with E-state index < -0.39 is 5.60 Å². The van der Waals surface area contributed by atoms with E-state index in [4.69, 9.17) is 4.74 Å². The van der Waals surface area contributed by atoms with Crippen LogP contribution in [0.3, 0.4) is 0 Å². The standard InChI is InChI=1S/C20H28BrNO3/c1-20(2,24)14-6-8-16(9-7-14)22-19(23)13-10-18(11-13)25-17-5-3-4-15(21)12-17/h3-5,12-14,16,18,24H,6-11H2,1-2H3,(H,22,23)/t13-,14-,16-,18-. The molecule has 0 atom stereocenters. The third kappa shape index (κ3) is 4.98. The van der Waals surface area contributed by atoms with Gasteiger partial charge in [0.05, 0.1) is 5.60 Å². The average Bonchev–Trinajstić information content (AvgIpc) is 2.50. The molecule has 138 valence electrons. The third-order valence-electron chi connectivity index (χ3n) is 5.64. The van der Waals surface area contributed by atoms with E-state index in [9.17, 15) is 9.90 Å². The molecule has 5 heteroatoms. The lowest BCUT2D eigenvalue weighted by Gasteiger charge is -2.38. The zero-order valence-corrected chi connectivity index (χ0v) is 16.6. The average molecular weight is 410 g/mol. The van der Waals surface area contributed by atoms with Crippen LogP contribution in [0.2, 0.25) is 0 Å². The van der Waals surface area contributed by atoms with Gasteiger partial charge >= 0.3 is 0 Å². The number of hydrogen-bond donors (Lipinski definition) is 2. The van der Waals surface area contributed by atoms with E-state index in [-0.39, 0.29) is 24.0 Å². The van der Waals surface area contributed by atoms with Crippen molar-refractivity contribution in [2.45, 2.75) is 70.1 Å². The summed E-state index contributed by atoms with van der Waals surface area (Å²) in [7, 11) is 0. The number of halogens is 1. The fourth-order valence-electron chi connectivity index (χ4n) is 3.87. The summed E-state index contributed by atoms with van der Waals surface area (Å²) in [4.78, 5) is 12.4. The maximum Gasteiger partial charge on any atom is 0.223 e. The van der Waals surface area contributed by atoms with E-state index in [2.05, 4.69) is 21.2 Å².